The van der Waals surface area contributed by atoms with E-state index in [-0.39, 0.29) is 6.61 Å². The Hall–Kier alpha value is -1.59. The molecule has 3 N–H and O–H groups in total. The number of amides is 1. The van der Waals surface area contributed by atoms with Crippen LogP contribution in [0.25, 0.3) is 0 Å². The fraction of sp³-hybridized carbons (Fsp3) is 0.562. The number of carbonyl (C=O) groups excluding carboxylic acids is 1. The first kappa shape index (κ1) is 15.8. The highest BCUT2D eigenvalue weighted by atomic mass is 16.5. The van der Waals surface area contributed by atoms with E-state index >= 15 is 0 Å². The maximum absolute atomic E-state index is 10.6. The lowest BCUT2D eigenvalue weighted by Gasteiger charge is -2.29. The molecule has 0 aliphatic carbocycles. The Morgan fingerprint density at radius 2 is 2.00 bits per heavy atom. The monoisotopic (exact) mass is 291 g/mol. The van der Waals surface area contributed by atoms with Crippen molar-refractivity contribution in [2.75, 3.05) is 33.3 Å². The van der Waals surface area contributed by atoms with Gasteiger partial charge in [-0.3, -0.25) is 4.79 Å². The summed E-state index contributed by atoms with van der Waals surface area (Å²) in [5.74, 6) is 1.01. The highest BCUT2D eigenvalue weighted by Crippen LogP contribution is 2.15. The molecule has 116 valence electrons. The molecule has 5 heteroatoms. The lowest BCUT2D eigenvalue weighted by Crippen LogP contribution is -2.34. The average molecular weight is 291 g/mol. The Labute approximate surface area is 126 Å². The van der Waals surface area contributed by atoms with Gasteiger partial charge >= 0.3 is 0 Å². The highest BCUT2D eigenvalue weighted by molar-refractivity contribution is 5.75. The Morgan fingerprint density at radius 3 is 2.62 bits per heavy atom. The minimum atomic E-state index is -0.459. The summed E-state index contributed by atoms with van der Waals surface area (Å²) >= 11 is 0. The Bertz CT molecular complexity index is 439. The second-order valence-corrected chi connectivity index (χ2v) is 5.78. The zero-order valence-corrected chi connectivity index (χ0v) is 12.7. The van der Waals surface area contributed by atoms with E-state index in [1.54, 1.807) is 0 Å². The van der Waals surface area contributed by atoms with Crippen molar-refractivity contribution >= 4 is 5.91 Å². The SMILES string of the molecule is CN1CCC(CNCc2ccc(OCC(N)=O)cc2)CC1. The summed E-state index contributed by atoms with van der Waals surface area (Å²) in [5, 5.41) is 3.52. The van der Waals surface area contributed by atoms with Crippen molar-refractivity contribution in [1.82, 2.24) is 10.2 Å². The van der Waals surface area contributed by atoms with Gasteiger partial charge in [-0.05, 0) is 63.1 Å². The molecule has 0 saturated carbocycles. The molecule has 1 aromatic rings. The van der Waals surface area contributed by atoms with Crippen LogP contribution in [0, 0.1) is 5.92 Å². The standard InChI is InChI=1S/C16H25N3O2/c1-19-8-6-14(7-9-19)11-18-10-13-2-4-15(5-3-13)21-12-16(17)20/h2-5,14,18H,6-12H2,1H3,(H2,17,20). The van der Waals surface area contributed by atoms with Crippen molar-refractivity contribution in [2.24, 2.45) is 11.7 Å². The number of nitrogens with two attached hydrogens (primary N) is 1. The fourth-order valence-electron chi connectivity index (χ4n) is 2.54. The van der Waals surface area contributed by atoms with Crippen molar-refractivity contribution in [1.29, 1.82) is 0 Å². The molecule has 2 rings (SSSR count). The molecule has 0 spiro atoms. The van der Waals surface area contributed by atoms with Gasteiger partial charge in [-0.25, -0.2) is 0 Å². The number of nitrogens with zero attached hydrogens (tertiary/aromatic N) is 1. The Kier molecular flexibility index (Phi) is 6.02. The molecular formula is C16H25N3O2. The number of piperidine rings is 1. The van der Waals surface area contributed by atoms with E-state index in [9.17, 15) is 4.79 Å². The number of carbonyl (C=O) groups is 1. The number of nitrogens with one attached hydrogen (secondary N) is 1. The Morgan fingerprint density at radius 1 is 1.33 bits per heavy atom. The molecule has 0 bridgehead atoms. The highest BCUT2D eigenvalue weighted by Gasteiger charge is 2.15. The molecular weight excluding hydrogens is 266 g/mol. The van der Waals surface area contributed by atoms with Gasteiger partial charge in [-0.1, -0.05) is 12.1 Å². The summed E-state index contributed by atoms with van der Waals surface area (Å²) in [6, 6.07) is 7.76. The number of likely N-dealkylation sites (tertiary alicyclic amines) is 1. The molecule has 1 amide bonds. The number of benzene rings is 1. The van der Waals surface area contributed by atoms with Crippen LogP contribution in [0.1, 0.15) is 18.4 Å². The van der Waals surface area contributed by atoms with Gasteiger partial charge < -0.3 is 20.7 Å². The van der Waals surface area contributed by atoms with Crippen LogP contribution < -0.4 is 15.8 Å². The van der Waals surface area contributed by atoms with Crippen LogP contribution in [0.4, 0.5) is 0 Å². The van der Waals surface area contributed by atoms with Crippen LogP contribution in [0.2, 0.25) is 0 Å². The van der Waals surface area contributed by atoms with Gasteiger partial charge in [0, 0.05) is 6.54 Å². The molecule has 0 atom stereocenters. The third-order valence-electron chi connectivity index (χ3n) is 3.90. The molecule has 1 aliphatic rings. The van der Waals surface area contributed by atoms with Crippen LogP contribution in [0.15, 0.2) is 24.3 Å². The normalized spacial score (nSPS) is 16.8. The first-order chi connectivity index (χ1) is 10.1. The zero-order valence-electron chi connectivity index (χ0n) is 12.7. The van der Waals surface area contributed by atoms with E-state index in [1.165, 1.54) is 31.5 Å². The minimum Gasteiger partial charge on any atom is -0.484 e. The second-order valence-electron chi connectivity index (χ2n) is 5.78. The average Bonchev–Trinajstić information content (AvgIpc) is 2.48. The Balaban J connectivity index is 1.67. The van der Waals surface area contributed by atoms with E-state index in [2.05, 4.69) is 17.3 Å². The van der Waals surface area contributed by atoms with Crippen molar-refractivity contribution in [3.8, 4) is 5.75 Å². The molecule has 21 heavy (non-hydrogen) atoms. The number of hydrogen-bond donors (Lipinski definition) is 2. The number of hydrogen-bond acceptors (Lipinski definition) is 4. The van der Waals surface area contributed by atoms with E-state index in [0.29, 0.717) is 5.75 Å². The van der Waals surface area contributed by atoms with Crippen LogP contribution >= 0.6 is 0 Å². The van der Waals surface area contributed by atoms with Gasteiger partial charge in [0.15, 0.2) is 6.61 Å². The molecule has 0 radical (unpaired) electrons. The first-order valence-corrected chi connectivity index (χ1v) is 7.53. The van der Waals surface area contributed by atoms with E-state index in [4.69, 9.17) is 10.5 Å². The van der Waals surface area contributed by atoms with Gasteiger partial charge in [-0.2, -0.15) is 0 Å². The molecule has 5 nitrogen and oxygen atoms in total. The summed E-state index contributed by atoms with van der Waals surface area (Å²) < 4.78 is 5.23. The zero-order chi connectivity index (χ0) is 15.1. The lowest BCUT2D eigenvalue weighted by molar-refractivity contribution is -0.119. The predicted octanol–water partition coefficient (Wildman–Crippen LogP) is 0.982. The topological polar surface area (TPSA) is 67.6 Å². The van der Waals surface area contributed by atoms with Crippen molar-refractivity contribution < 1.29 is 9.53 Å². The van der Waals surface area contributed by atoms with Gasteiger partial charge in [-0.15, -0.1) is 0 Å². The molecule has 1 saturated heterocycles. The molecule has 1 aromatic carbocycles. The van der Waals surface area contributed by atoms with Crippen molar-refractivity contribution in [3.63, 3.8) is 0 Å². The van der Waals surface area contributed by atoms with Gasteiger partial charge in [0.05, 0.1) is 0 Å². The number of ether oxygens (including phenoxy) is 1. The van der Waals surface area contributed by atoms with Crippen molar-refractivity contribution in [2.45, 2.75) is 19.4 Å². The summed E-state index contributed by atoms with van der Waals surface area (Å²) in [4.78, 5) is 13.0. The van der Waals surface area contributed by atoms with E-state index < -0.39 is 5.91 Å². The maximum Gasteiger partial charge on any atom is 0.255 e. The number of rotatable bonds is 7. The summed E-state index contributed by atoms with van der Waals surface area (Å²) in [7, 11) is 2.19. The second kappa shape index (κ2) is 8.00. The minimum absolute atomic E-state index is 0.0757. The molecule has 1 heterocycles. The van der Waals surface area contributed by atoms with E-state index in [0.717, 1.165) is 19.0 Å². The van der Waals surface area contributed by atoms with Gasteiger partial charge in [0.1, 0.15) is 5.75 Å². The van der Waals surface area contributed by atoms with E-state index in [1.807, 2.05) is 24.3 Å². The third kappa shape index (κ3) is 5.73. The number of primary amides is 1. The largest absolute Gasteiger partial charge is 0.484 e. The van der Waals surface area contributed by atoms with Crippen LogP contribution in [0.3, 0.4) is 0 Å². The summed E-state index contributed by atoms with van der Waals surface area (Å²) in [5.41, 5.74) is 6.26. The van der Waals surface area contributed by atoms with Crippen LogP contribution in [-0.2, 0) is 11.3 Å². The molecule has 1 fully saturated rings. The van der Waals surface area contributed by atoms with Crippen molar-refractivity contribution in [3.05, 3.63) is 29.8 Å². The molecule has 0 unspecified atom stereocenters. The molecule has 0 aromatic heterocycles. The quantitative estimate of drug-likeness (QED) is 0.786. The summed E-state index contributed by atoms with van der Waals surface area (Å²) in [6.45, 7) is 4.28. The third-order valence-corrected chi connectivity index (χ3v) is 3.90. The first-order valence-electron chi connectivity index (χ1n) is 7.53. The lowest BCUT2D eigenvalue weighted by atomic mass is 9.97. The summed E-state index contributed by atoms with van der Waals surface area (Å²) in [6.07, 6.45) is 2.56. The molecule has 1 aliphatic heterocycles. The van der Waals surface area contributed by atoms with Gasteiger partial charge in [0.25, 0.3) is 5.91 Å². The van der Waals surface area contributed by atoms with Crippen LogP contribution in [0.5, 0.6) is 5.75 Å². The van der Waals surface area contributed by atoms with Gasteiger partial charge in [0.2, 0.25) is 0 Å². The van der Waals surface area contributed by atoms with Crippen LogP contribution in [-0.4, -0.2) is 44.1 Å². The smallest absolute Gasteiger partial charge is 0.255 e. The predicted molar refractivity (Wildman–Crippen MR) is 83.1 cm³/mol. The maximum atomic E-state index is 10.6. The fourth-order valence-corrected chi connectivity index (χ4v) is 2.54.